The summed E-state index contributed by atoms with van der Waals surface area (Å²) >= 11 is 5.96. The molecule has 0 amide bonds. The zero-order chi connectivity index (χ0) is 21.8. The summed E-state index contributed by atoms with van der Waals surface area (Å²) in [6.45, 7) is 2.11. The second kappa shape index (κ2) is 8.97. The monoisotopic (exact) mass is 453 g/mol. The molecule has 1 N–H and O–H groups in total. The molecule has 1 unspecified atom stereocenters. The Morgan fingerprint density at radius 2 is 1.65 bits per heavy atom. The Labute approximate surface area is 185 Å². The number of rotatable bonds is 7. The molecule has 0 aliphatic heterocycles. The fourth-order valence-corrected chi connectivity index (χ4v) is 5.03. The van der Waals surface area contributed by atoms with Gasteiger partial charge in [-0.1, -0.05) is 66.2 Å². The summed E-state index contributed by atoms with van der Waals surface area (Å²) in [5.74, 6) is 0.481. The molecule has 9 heteroatoms. The Morgan fingerprint density at radius 1 is 0.968 bits per heavy atom. The van der Waals surface area contributed by atoms with E-state index in [4.69, 9.17) is 11.6 Å². The maximum atomic E-state index is 13.6. The molecule has 0 bridgehead atoms. The van der Waals surface area contributed by atoms with Crippen LogP contribution in [0.2, 0.25) is 5.02 Å². The zero-order valence-electron chi connectivity index (χ0n) is 16.7. The number of benzene rings is 3. The summed E-state index contributed by atoms with van der Waals surface area (Å²) in [5.41, 5.74) is 2.54. The van der Waals surface area contributed by atoms with Crippen molar-refractivity contribution in [3.8, 4) is 11.4 Å². The molecule has 158 valence electrons. The minimum atomic E-state index is -3.78. The number of aromatic nitrogens is 4. The standard InChI is InChI=1S/C22H20ClN5O2S/c1-16(18-7-9-19(10-8-18)22-24-26-27-25-22)28(15-17-5-3-2-4-6-17)31(29,30)21-13-11-20(23)12-14-21/h2-14,16H,15H2,1H3,(H,24,25,26,27). The van der Waals surface area contributed by atoms with Crippen molar-refractivity contribution in [2.24, 2.45) is 0 Å². The number of hydrogen-bond acceptors (Lipinski definition) is 5. The molecule has 0 saturated heterocycles. The van der Waals surface area contributed by atoms with Crippen LogP contribution in [0.1, 0.15) is 24.1 Å². The lowest BCUT2D eigenvalue weighted by molar-refractivity contribution is 0.336. The minimum Gasteiger partial charge on any atom is -0.207 e. The third kappa shape index (κ3) is 4.66. The Bertz CT molecular complexity index is 1230. The van der Waals surface area contributed by atoms with Gasteiger partial charge < -0.3 is 0 Å². The van der Waals surface area contributed by atoms with Crippen LogP contribution >= 0.6 is 11.6 Å². The molecule has 4 rings (SSSR count). The fraction of sp³-hybridized carbons (Fsp3) is 0.136. The second-order valence-electron chi connectivity index (χ2n) is 7.02. The number of tetrazole rings is 1. The summed E-state index contributed by atoms with van der Waals surface area (Å²) in [4.78, 5) is 0.197. The summed E-state index contributed by atoms with van der Waals surface area (Å²) in [6, 6.07) is 22.8. The van der Waals surface area contributed by atoms with Gasteiger partial charge in [0.05, 0.1) is 4.90 Å². The Hall–Kier alpha value is -3.07. The Kier molecular flexibility index (Phi) is 6.13. The van der Waals surface area contributed by atoms with Crippen LogP contribution in [0.3, 0.4) is 0 Å². The molecule has 0 aliphatic carbocycles. The van der Waals surface area contributed by atoms with Gasteiger partial charge in [-0.05, 0) is 47.5 Å². The van der Waals surface area contributed by atoms with Gasteiger partial charge in [-0.2, -0.15) is 9.52 Å². The molecule has 0 spiro atoms. The van der Waals surface area contributed by atoms with E-state index in [2.05, 4.69) is 20.6 Å². The molecule has 1 aromatic heterocycles. The number of nitrogens with zero attached hydrogens (tertiary/aromatic N) is 4. The van der Waals surface area contributed by atoms with Gasteiger partial charge in [0.2, 0.25) is 15.8 Å². The lowest BCUT2D eigenvalue weighted by atomic mass is 10.1. The van der Waals surface area contributed by atoms with Crippen LogP contribution in [0.15, 0.2) is 83.8 Å². The van der Waals surface area contributed by atoms with E-state index in [1.54, 1.807) is 12.1 Å². The number of sulfonamides is 1. The van der Waals surface area contributed by atoms with E-state index in [1.165, 1.54) is 16.4 Å². The van der Waals surface area contributed by atoms with E-state index < -0.39 is 16.1 Å². The van der Waals surface area contributed by atoms with Gasteiger partial charge in [-0.15, -0.1) is 10.2 Å². The maximum Gasteiger partial charge on any atom is 0.243 e. The number of aromatic amines is 1. The maximum absolute atomic E-state index is 13.6. The molecule has 7 nitrogen and oxygen atoms in total. The van der Waals surface area contributed by atoms with E-state index in [0.717, 1.165) is 16.7 Å². The van der Waals surface area contributed by atoms with Gasteiger partial charge in [0, 0.05) is 23.2 Å². The van der Waals surface area contributed by atoms with Crippen LogP contribution in [0.25, 0.3) is 11.4 Å². The van der Waals surface area contributed by atoms with Crippen LogP contribution in [0.4, 0.5) is 0 Å². The minimum absolute atomic E-state index is 0.197. The zero-order valence-corrected chi connectivity index (χ0v) is 18.3. The molecule has 3 aromatic carbocycles. The molecule has 4 aromatic rings. The normalized spacial score (nSPS) is 12.7. The topological polar surface area (TPSA) is 91.8 Å². The molecule has 31 heavy (non-hydrogen) atoms. The van der Waals surface area contributed by atoms with Crippen molar-refractivity contribution < 1.29 is 8.42 Å². The third-order valence-electron chi connectivity index (χ3n) is 5.03. The Morgan fingerprint density at radius 3 is 2.26 bits per heavy atom. The van der Waals surface area contributed by atoms with Crippen LogP contribution in [0.5, 0.6) is 0 Å². The van der Waals surface area contributed by atoms with E-state index in [9.17, 15) is 8.42 Å². The van der Waals surface area contributed by atoms with Crippen molar-refractivity contribution in [3.63, 3.8) is 0 Å². The summed E-state index contributed by atoms with van der Waals surface area (Å²) in [6.07, 6.45) is 0. The number of H-pyrrole nitrogens is 1. The van der Waals surface area contributed by atoms with Crippen molar-refractivity contribution in [1.82, 2.24) is 24.9 Å². The van der Waals surface area contributed by atoms with Gasteiger partial charge in [0.1, 0.15) is 0 Å². The first kappa shape index (κ1) is 21.2. The van der Waals surface area contributed by atoms with E-state index in [1.807, 2.05) is 61.5 Å². The summed E-state index contributed by atoms with van der Waals surface area (Å²) in [5, 5.41) is 14.4. The molecule has 0 saturated carbocycles. The summed E-state index contributed by atoms with van der Waals surface area (Å²) < 4.78 is 28.6. The Balaban J connectivity index is 1.70. The lowest BCUT2D eigenvalue weighted by Crippen LogP contribution is -2.33. The van der Waals surface area contributed by atoms with Crippen LogP contribution in [-0.2, 0) is 16.6 Å². The van der Waals surface area contributed by atoms with Gasteiger partial charge in [0.25, 0.3) is 0 Å². The van der Waals surface area contributed by atoms with Crippen LogP contribution in [-0.4, -0.2) is 33.3 Å². The molecule has 0 fully saturated rings. The van der Waals surface area contributed by atoms with E-state index >= 15 is 0 Å². The first-order valence-electron chi connectivity index (χ1n) is 9.60. The molecule has 0 aliphatic rings. The molecule has 1 heterocycles. The quantitative estimate of drug-likeness (QED) is 0.445. The van der Waals surface area contributed by atoms with Crippen molar-refractivity contribution in [2.45, 2.75) is 24.4 Å². The highest BCUT2D eigenvalue weighted by atomic mass is 35.5. The third-order valence-corrected chi connectivity index (χ3v) is 7.21. The predicted octanol–water partition coefficient (Wildman–Crippen LogP) is 4.47. The summed E-state index contributed by atoms with van der Waals surface area (Å²) in [7, 11) is -3.78. The first-order chi connectivity index (χ1) is 14.9. The average Bonchev–Trinajstić information content (AvgIpc) is 3.33. The highest BCUT2D eigenvalue weighted by molar-refractivity contribution is 7.89. The predicted molar refractivity (Wildman–Crippen MR) is 119 cm³/mol. The lowest BCUT2D eigenvalue weighted by Gasteiger charge is -2.29. The first-order valence-corrected chi connectivity index (χ1v) is 11.4. The van der Waals surface area contributed by atoms with Crippen LogP contribution in [0, 0.1) is 0 Å². The van der Waals surface area contributed by atoms with E-state index in [-0.39, 0.29) is 11.4 Å². The fourth-order valence-electron chi connectivity index (χ4n) is 3.30. The largest absolute Gasteiger partial charge is 0.243 e. The number of hydrogen-bond donors (Lipinski definition) is 1. The smallest absolute Gasteiger partial charge is 0.207 e. The van der Waals surface area contributed by atoms with E-state index in [0.29, 0.717) is 10.8 Å². The number of halogens is 1. The van der Waals surface area contributed by atoms with Gasteiger partial charge in [0.15, 0.2) is 0 Å². The van der Waals surface area contributed by atoms with Crippen molar-refractivity contribution in [1.29, 1.82) is 0 Å². The molecule has 1 atom stereocenters. The van der Waals surface area contributed by atoms with Crippen molar-refractivity contribution in [3.05, 3.63) is 95.0 Å². The molecule has 0 radical (unpaired) electrons. The SMILES string of the molecule is CC(c1ccc(-c2nn[nH]n2)cc1)N(Cc1ccccc1)S(=O)(=O)c1ccc(Cl)cc1. The van der Waals surface area contributed by atoms with Crippen LogP contribution < -0.4 is 0 Å². The van der Waals surface area contributed by atoms with Crippen molar-refractivity contribution in [2.75, 3.05) is 0 Å². The highest BCUT2D eigenvalue weighted by Crippen LogP contribution is 2.31. The van der Waals surface area contributed by atoms with Gasteiger partial charge in [-0.25, -0.2) is 8.42 Å². The van der Waals surface area contributed by atoms with Gasteiger partial charge in [-0.3, -0.25) is 0 Å². The van der Waals surface area contributed by atoms with Gasteiger partial charge >= 0.3 is 0 Å². The molecular formula is C22H20ClN5O2S. The van der Waals surface area contributed by atoms with Crippen molar-refractivity contribution >= 4 is 21.6 Å². The number of nitrogens with one attached hydrogen (secondary N) is 1. The second-order valence-corrected chi connectivity index (χ2v) is 9.35. The average molecular weight is 454 g/mol. The molecular weight excluding hydrogens is 434 g/mol. The highest BCUT2D eigenvalue weighted by Gasteiger charge is 2.30.